The number of halogens is 3. The monoisotopic (exact) mass is 515 g/mol. The number of pyridine rings is 1. The summed E-state index contributed by atoms with van der Waals surface area (Å²) in [6.45, 7) is 4.33. The maximum atomic E-state index is 13.1. The number of carbonyl (C=O) groups is 1. The molecule has 0 radical (unpaired) electrons. The first-order valence-electron chi connectivity index (χ1n) is 11.6. The Labute approximate surface area is 212 Å². The highest BCUT2D eigenvalue weighted by atomic mass is 19.4. The van der Waals surface area contributed by atoms with Crippen LogP contribution in [0, 0.1) is 11.3 Å². The Morgan fingerprint density at radius 3 is 2.49 bits per heavy atom. The molecule has 0 saturated heterocycles. The lowest BCUT2D eigenvalue weighted by Gasteiger charge is -2.24. The number of benzene rings is 1. The maximum Gasteiger partial charge on any atom is 0.407 e. The maximum absolute atomic E-state index is 13.1. The number of aromatic nitrogens is 3. The minimum absolute atomic E-state index is 0.152. The summed E-state index contributed by atoms with van der Waals surface area (Å²) in [5.74, 6) is 0. The third kappa shape index (κ3) is 7.79. The van der Waals surface area contributed by atoms with Crippen molar-refractivity contribution in [2.24, 2.45) is 0 Å². The van der Waals surface area contributed by atoms with Crippen LogP contribution >= 0.6 is 0 Å². The van der Waals surface area contributed by atoms with Crippen molar-refractivity contribution in [1.29, 1.82) is 5.26 Å². The lowest BCUT2D eigenvalue weighted by Crippen LogP contribution is -2.42. The van der Waals surface area contributed by atoms with Gasteiger partial charge in [0.2, 0.25) is 0 Å². The fraction of sp³-hybridized carbons (Fsp3) is 0.385. The van der Waals surface area contributed by atoms with E-state index in [0.29, 0.717) is 33.6 Å². The number of rotatable bonds is 8. The Kier molecular flexibility index (Phi) is 8.55. The number of carbonyl (C=O) groups excluding carboxylic acids is 1. The van der Waals surface area contributed by atoms with Crippen LogP contribution in [0.25, 0.3) is 22.4 Å². The van der Waals surface area contributed by atoms with Crippen LogP contribution in [0.3, 0.4) is 0 Å². The number of aliphatic hydroxyl groups excluding tert-OH is 1. The quantitative estimate of drug-likeness (QED) is 0.426. The molecule has 0 fully saturated rings. The number of alkyl halides is 3. The summed E-state index contributed by atoms with van der Waals surface area (Å²) in [4.78, 5) is 16.4. The number of nitrogens with zero attached hydrogens (tertiary/aromatic N) is 4. The van der Waals surface area contributed by atoms with Crippen LogP contribution in [0.4, 0.5) is 18.0 Å². The van der Waals surface area contributed by atoms with E-state index in [1.54, 1.807) is 69.6 Å². The predicted octanol–water partition coefficient (Wildman–Crippen LogP) is 5.21. The minimum atomic E-state index is -4.43. The molecule has 0 saturated carbocycles. The van der Waals surface area contributed by atoms with Crippen LogP contribution in [0.2, 0.25) is 0 Å². The molecule has 1 amide bonds. The zero-order valence-electron chi connectivity index (χ0n) is 20.7. The molecule has 1 aromatic carbocycles. The van der Waals surface area contributed by atoms with Crippen LogP contribution in [0.5, 0.6) is 0 Å². The van der Waals surface area contributed by atoms with Gasteiger partial charge in [-0.3, -0.25) is 9.67 Å². The van der Waals surface area contributed by atoms with E-state index in [9.17, 15) is 28.3 Å². The first kappa shape index (κ1) is 27.7. The van der Waals surface area contributed by atoms with E-state index in [0.717, 1.165) is 0 Å². The van der Waals surface area contributed by atoms with Gasteiger partial charge in [0.1, 0.15) is 11.3 Å². The van der Waals surface area contributed by atoms with Crippen LogP contribution in [-0.4, -0.2) is 43.8 Å². The van der Waals surface area contributed by atoms with E-state index >= 15 is 0 Å². The number of aliphatic hydroxyl groups is 1. The van der Waals surface area contributed by atoms with Gasteiger partial charge < -0.3 is 15.2 Å². The summed E-state index contributed by atoms with van der Waals surface area (Å²) in [5, 5.41) is 26.8. The molecule has 1 atom stereocenters. The van der Waals surface area contributed by atoms with E-state index in [1.165, 1.54) is 4.68 Å². The summed E-state index contributed by atoms with van der Waals surface area (Å²) in [5.41, 5.74) is 2.14. The van der Waals surface area contributed by atoms with Gasteiger partial charge >= 0.3 is 12.3 Å². The van der Waals surface area contributed by atoms with Crippen molar-refractivity contribution in [1.82, 2.24) is 20.1 Å². The van der Waals surface area contributed by atoms with Gasteiger partial charge in [-0.25, -0.2) is 4.79 Å². The fourth-order valence-corrected chi connectivity index (χ4v) is 3.80. The van der Waals surface area contributed by atoms with Crippen molar-refractivity contribution < 1.29 is 27.8 Å². The minimum Gasteiger partial charge on any atom is -0.444 e. The van der Waals surface area contributed by atoms with E-state index in [1.807, 2.05) is 0 Å². The number of amides is 1. The zero-order chi connectivity index (χ0) is 27.2. The molecule has 11 heteroatoms. The van der Waals surface area contributed by atoms with E-state index in [2.05, 4.69) is 21.5 Å². The van der Waals surface area contributed by atoms with E-state index in [4.69, 9.17) is 4.74 Å². The normalized spacial score (nSPS) is 12.6. The highest BCUT2D eigenvalue weighted by Gasteiger charge is 2.31. The number of ether oxygens (including phenoxy) is 1. The van der Waals surface area contributed by atoms with Gasteiger partial charge in [0.05, 0.1) is 36.5 Å². The standard InChI is InChI=1S/C26H28F3N5O3/c1-25(2,3)37-24(36)32-20(7-10-26(27,28)29)15-34-21(16-35)22(18-8-11-31-12-9-18)23(33-34)19-6-4-5-17(13-19)14-30/h4-6,8-9,11-13,20,35H,7,10,15-16H2,1-3H3,(H,32,36)/t20-/m0/s1. The smallest absolute Gasteiger partial charge is 0.407 e. The van der Waals surface area contributed by atoms with Crippen molar-refractivity contribution in [2.75, 3.05) is 0 Å². The topological polar surface area (TPSA) is 113 Å². The molecule has 3 rings (SSSR count). The van der Waals surface area contributed by atoms with Crippen molar-refractivity contribution in [2.45, 2.75) is 64.6 Å². The third-order valence-corrected chi connectivity index (χ3v) is 5.33. The predicted molar refractivity (Wildman–Crippen MR) is 130 cm³/mol. The molecular formula is C26H28F3N5O3. The molecule has 0 spiro atoms. The van der Waals surface area contributed by atoms with Gasteiger partial charge in [-0.2, -0.15) is 23.5 Å². The van der Waals surface area contributed by atoms with Crippen molar-refractivity contribution >= 4 is 6.09 Å². The van der Waals surface area contributed by atoms with E-state index in [-0.39, 0.29) is 6.54 Å². The van der Waals surface area contributed by atoms with Crippen LogP contribution < -0.4 is 5.32 Å². The van der Waals surface area contributed by atoms with Crippen LogP contribution in [0.1, 0.15) is 44.9 Å². The Morgan fingerprint density at radius 2 is 1.89 bits per heavy atom. The highest BCUT2D eigenvalue weighted by molar-refractivity contribution is 5.83. The SMILES string of the molecule is CC(C)(C)OC(=O)N[C@@H](CCC(F)(F)F)Cn1nc(-c2cccc(C#N)c2)c(-c2ccncc2)c1CO. The largest absolute Gasteiger partial charge is 0.444 e. The molecule has 0 unspecified atom stereocenters. The van der Waals surface area contributed by atoms with Crippen LogP contribution in [0.15, 0.2) is 48.8 Å². The first-order valence-corrected chi connectivity index (χ1v) is 11.6. The summed E-state index contributed by atoms with van der Waals surface area (Å²) in [7, 11) is 0. The summed E-state index contributed by atoms with van der Waals surface area (Å²) in [6.07, 6.45) is -3.69. The molecule has 2 heterocycles. The molecule has 0 aliphatic heterocycles. The van der Waals surface area contributed by atoms with Gasteiger partial charge in [0, 0.05) is 29.9 Å². The Bertz CT molecular complexity index is 1260. The number of nitrogens with one attached hydrogen (secondary N) is 1. The second-order valence-corrected chi connectivity index (χ2v) is 9.44. The number of hydrogen-bond donors (Lipinski definition) is 2. The van der Waals surface area contributed by atoms with Crippen molar-refractivity contribution in [3.8, 4) is 28.5 Å². The summed E-state index contributed by atoms with van der Waals surface area (Å²) < 4.78 is 45.8. The van der Waals surface area contributed by atoms with Crippen LogP contribution in [-0.2, 0) is 17.9 Å². The fourth-order valence-electron chi connectivity index (χ4n) is 3.80. The third-order valence-electron chi connectivity index (χ3n) is 5.33. The van der Waals surface area contributed by atoms with Gasteiger partial charge in [-0.1, -0.05) is 12.1 Å². The molecule has 196 valence electrons. The Hall–Kier alpha value is -3.91. The molecule has 2 N–H and O–H groups in total. The average molecular weight is 516 g/mol. The zero-order valence-corrected chi connectivity index (χ0v) is 20.7. The molecule has 0 aliphatic rings. The van der Waals surface area contributed by atoms with Gasteiger partial charge in [-0.15, -0.1) is 0 Å². The number of nitriles is 1. The average Bonchev–Trinajstić information content (AvgIpc) is 3.19. The molecule has 3 aromatic rings. The number of alkyl carbamates (subject to hydrolysis) is 1. The van der Waals surface area contributed by atoms with Crippen molar-refractivity contribution in [3.05, 3.63) is 60.0 Å². The molecular weight excluding hydrogens is 487 g/mol. The van der Waals surface area contributed by atoms with E-state index < -0.39 is 43.4 Å². The summed E-state index contributed by atoms with van der Waals surface area (Å²) in [6, 6.07) is 11.2. The van der Waals surface area contributed by atoms with Gasteiger partial charge in [0.25, 0.3) is 0 Å². The first-order chi connectivity index (χ1) is 17.4. The molecule has 37 heavy (non-hydrogen) atoms. The van der Waals surface area contributed by atoms with Gasteiger partial charge in [0.15, 0.2) is 0 Å². The highest BCUT2D eigenvalue weighted by Crippen LogP contribution is 2.35. The lowest BCUT2D eigenvalue weighted by atomic mass is 9.99. The summed E-state index contributed by atoms with van der Waals surface area (Å²) >= 11 is 0. The second-order valence-electron chi connectivity index (χ2n) is 9.44. The molecule has 0 aliphatic carbocycles. The molecule has 2 aromatic heterocycles. The Morgan fingerprint density at radius 1 is 1.19 bits per heavy atom. The lowest BCUT2D eigenvalue weighted by molar-refractivity contribution is -0.136. The molecule has 8 nitrogen and oxygen atoms in total. The second kappa shape index (κ2) is 11.4. The Balaban J connectivity index is 2.07. The number of hydrogen-bond acceptors (Lipinski definition) is 6. The van der Waals surface area contributed by atoms with Gasteiger partial charge in [-0.05, 0) is 57.0 Å². The molecule has 0 bridgehead atoms. The van der Waals surface area contributed by atoms with Crippen molar-refractivity contribution in [3.63, 3.8) is 0 Å².